The topological polar surface area (TPSA) is 170 Å². The Kier molecular flexibility index (Phi) is 10.6. The second-order valence-electron chi connectivity index (χ2n) is 8.83. The van der Waals surface area contributed by atoms with Crippen LogP contribution in [0.5, 0.6) is 0 Å². The minimum atomic E-state index is -1.12. The standard InChI is InChI=1S/C27H35N7O3/c28-11-15-34(16-12-29)25(36)17-21(30)27(37)33-22(9-8-19-5-2-1-3-6-19)24(35)18-23-26-20(10-14-31-23)7-4-13-32-26/h1-7,10,13-14,21-22H,8-9,11-12,15-18,28-30H2,(H,33,37)/t21-,22-/m0/s1. The molecule has 3 aromatic rings. The van der Waals surface area contributed by atoms with Crippen LogP contribution in [-0.2, 0) is 27.2 Å². The Balaban J connectivity index is 1.72. The van der Waals surface area contributed by atoms with Gasteiger partial charge < -0.3 is 27.4 Å². The molecule has 0 spiro atoms. The van der Waals surface area contributed by atoms with Crippen molar-refractivity contribution < 1.29 is 14.4 Å². The van der Waals surface area contributed by atoms with E-state index < -0.39 is 18.0 Å². The summed E-state index contributed by atoms with van der Waals surface area (Å²) in [5, 5.41) is 3.66. The number of pyridine rings is 2. The highest BCUT2D eigenvalue weighted by atomic mass is 16.2. The van der Waals surface area contributed by atoms with Crippen LogP contribution in [-0.4, -0.2) is 70.7 Å². The number of amides is 2. The number of ketones is 1. The molecule has 37 heavy (non-hydrogen) atoms. The molecule has 0 saturated heterocycles. The molecule has 10 heteroatoms. The predicted molar refractivity (Wildman–Crippen MR) is 142 cm³/mol. The summed E-state index contributed by atoms with van der Waals surface area (Å²) in [6.45, 7) is 1.21. The molecule has 0 fully saturated rings. The van der Waals surface area contributed by atoms with E-state index in [0.717, 1.165) is 10.9 Å². The fourth-order valence-electron chi connectivity index (χ4n) is 4.11. The smallest absolute Gasteiger partial charge is 0.238 e. The second kappa shape index (κ2) is 14.1. The van der Waals surface area contributed by atoms with Crippen LogP contribution >= 0.6 is 0 Å². The van der Waals surface area contributed by atoms with Gasteiger partial charge in [0.2, 0.25) is 11.8 Å². The van der Waals surface area contributed by atoms with E-state index in [1.54, 1.807) is 12.4 Å². The van der Waals surface area contributed by atoms with E-state index in [0.29, 0.717) is 37.1 Å². The zero-order valence-corrected chi connectivity index (χ0v) is 20.9. The highest BCUT2D eigenvalue weighted by molar-refractivity contribution is 5.95. The molecule has 2 aromatic heterocycles. The van der Waals surface area contributed by atoms with Crippen LogP contribution in [0.15, 0.2) is 60.9 Å². The Morgan fingerprint density at radius 1 is 0.919 bits per heavy atom. The first-order chi connectivity index (χ1) is 17.9. The minimum absolute atomic E-state index is 0.00301. The Morgan fingerprint density at radius 3 is 2.35 bits per heavy atom. The molecule has 2 amide bonds. The molecule has 0 aliphatic heterocycles. The molecule has 0 saturated carbocycles. The molecule has 0 aliphatic carbocycles. The number of fused-ring (bicyclic) bond motifs is 1. The summed E-state index contributed by atoms with van der Waals surface area (Å²) in [4.78, 5) is 49.2. The molecule has 0 aliphatic rings. The highest BCUT2D eigenvalue weighted by Crippen LogP contribution is 2.16. The van der Waals surface area contributed by atoms with Gasteiger partial charge in [0, 0.05) is 44.0 Å². The Morgan fingerprint density at radius 2 is 1.65 bits per heavy atom. The number of carbonyl (C=O) groups excluding carboxylic acids is 3. The van der Waals surface area contributed by atoms with Crippen LogP contribution in [0.25, 0.3) is 10.9 Å². The molecular weight excluding hydrogens is 470 g/mol. The number of aromatic nitrogens is 2. The lowest BCUT2D eigenvalue weighted by Crippen LogP contribution is -2.51. The second-order valence-corrected chi connectivity index (χ2v) is 8.83. The number of carbonyl (C=O) groups is 3. The lowest BCUT2D eigenvalue weighted by atomic mass is 9.98. The van der Waals surface area contributed by atoms with Gasteiger partial charge in [-0.2, -0.15) is 0 Å². The number of nitrogens with one attached hydrogen (secondary N) is 1. The van der Waals surface area contributed by atoms with Crippen molar-refractivity contribution in [2.45, 2.75) is 37.8 Å². The maximum Gasteiger partial charge on any atom is 0.238 e. The van der Waals surface area contributed by atoms with E-state index in [9.17, 15) is 14.4 Å². The number of benzene rings is 1. The van der Waals surface area contributed by atoms with Crippen molar-refractivity contribution in [3.05, 3.63) is 72.2 Å². The van der Waals surface area contributed by atoms with Crippen molar-refractivity contribution in [1.82, 2.24) is 20.2 Å². The summed E-state index contributed by atoms with van der Waals surface area (Å²) >= 11 is 0. The number of hydrogen-bond donors (Lipinski definition) is 4. The van der Waals surface area contributed by atoms with Crippen LogP contribution in [0.1, 0.15) is 24.1 Å². The Hall–Kier alpha value is -3.73. The molecule has 7 N–H and O–H groups in total. The van der Waals surface area contributed by atoms with E-state index in [4.69, 9.17) is 17.2 Å². The van der Waals surface area contributed by atoms with Crippen LogP contribution in [0, 0.1) is 0 Å². The first-order valence-electron chi connectivity index (χ1n) is 12.4. The molecular formula is C27H35N7O3. The van der Waals surface area contributed by atoms with Gasteiger partial charge in [0.1, 0.15) is 0 Å². The van der Waals surface area contributed by atoms with Crippen LogP contribution < -0.4 is 22.5 Å². The number of aryl methyl sites for hydroxylation is 1. The SMILES string of the molecule is NCCN(CCN)C(=O)C[C@H](N)C(=O)N[C@@H](CCc1ccccc1)C(=O)Cc1nccc2cccnc12. The monoisotopic (exact) mass is 505 g/mol. The molecule has 2 heterocycles. The van der Waals surface area contributed by atoms with E-state index in [-0.39, 0.29) is 37.6 Å². The fraction of sp³-hybridized carbons (Fsp3) is 0.370. The van der Waals surface area contributed by atoms with Crippen molar-refractivity contribution in [2.24, 2.45) is 17.2 Å². The number of rotatable bonds is 14. The van der Waals surface area contributed by atoms with Crippen molar-refractivity contribution in [1.29, 1.82) is 0 Å². The third-order valence-electron chi connectivity index (χ3n) is 6.09. The molecule has 3 rings (SSSR count). The van der Waals surface area contributed by atoms with Gasteiger partial charge in [-0.15, -0.1) is 0 Å². The molecule has 0 unspecified atom stereocenters. The van der Waals surface area contributed by atoms with E-state index in [1.165, 1.54) is 4.90 Å². The molecule has 196 valence electrons. The van der Waals surface area contributed by atoms with Crippen molar-refractivity contribution in [2.75, 3.05) is 26.2 Å². The maximum absolute atomic E-state index is 13.4. The van der Waals surface area contributed by atoms with Crippen molar-refractivity contribution >= 4 is 28.5 Å². The van der Waals surface area contributed by atoms with Gasteiger partial charge in [0.25, 0.3) is 0 Å². The zero-order chi connectivity index (χ0) is 26.6. The van der Waals surface area contributed by atoms with Gasteiger partial charge in [-0.3, -0.25) is 24.4 Å². The Bertz CT molecular complexity index is 1180. The van der Waals surface area contributed by atoms with Gasteiger partial charge in [0.15, 0.2) is 5.78 Å². The summed E-state index contributed by atoms with van der Waals surface area (Å²) in [6, 6.07) is 13.3. The number of hydrogen-bond acceptors (Lipinski definition) is 8. The van der Waals surface area contributed by atoms with Gasteiger partial charge in [-0.05, 0) is 30.5 Å². The van der Waals surface area contributed by atoms with Gasteiger partial charge in [-0.25, -0.2) is 0 Å². The summed E-state index contributed by atoms with van der Waals surface area (Å²) in [5.74, 6) is -1.08. The first kappa shape index (κ1) is 27.9. The summed E-state index contributed by atoms with van der Waals surface area (Å²) in [5.41, 5.74) is 19.5. The lowest BCUT2D eigenvalue weighted by Gasteiger charge is -2.24. The number of nitrogens with zero attached hydrogens (tertiary/aromatic N) is 3. The normalized spacial score (nSPS) is 12.6. The van der Waals surface area contributed by atoms with Gasteiger partial charge >= 0.3 is 0 Å². The van der Waals surface area contributed by atoms with Crippen molar-refractivity contribution in [3.8, 4) is 0 Å². The highest BCUT2D eigenvalue weighted by Gasteiger charge is 2.27. The lowest BCUT2D eigenvalue weighted by molar-refractivity contribution is -0.134. The summed E-state index contributed by atoms with van der Waals surface area (Å²) in [7, 11) is 0. The third kappa shape index (κ3) is 8.14. The third-order valence-corrected chi connectivity index (χ3v) is 6.09. The molecule has 2 atom stereocenters. The fourth-order valence-corrected chi connectivity index (χ4v) is 4.11. The summed E-state index contributed by atoms with van der Waals surface area (Å²) < 4.78 is 0. The average Bonchev–Trinajstić information content (AvgIpc) is 2.91. The van der Waals surface area contributed by atoms with E-state index >= 15 is 0 Å². The number of nitrogens with two attached hydrogens (primary N) is 3. The largest absolute Gasteiger partial charge is 0.345 e. The Labute approximate surface area is 216 Å². The first-order valence-corrected chi connectivity index (χ1v) is 12.4. The minimum Gasteiger partial charge on any atom is -0.345 e. The van der Waals surface area contributed by atoms with E-state index in [2.05, 4.69) is 15.3 Å². The average molecular weight is 506 g/mol. The van der Waals surface area contributed by atoms with Gasteiger partial charge in [0.05, 0.1) is 36.1 Å². The quantitative estimate of drug-likeness (QED) is 0.243. The van der Waals surface area contributed by atoms with Crippen LogP contribution in [0.3, 0.4) is 0 Å². The predicted octanol–water partition coefficient (Wildman–Crippen LogP) is 0.322. The summed E-state index contributed by atoms with van der Waals surface area (Å²) in [6.07, 6.45) is 4.04. The van der Waals surface area contributed by atoms with E-state index in [1.807, 2.05) is 48.5 Å². The molecule has 10 nitrogen and oxygen atoms in total. The van der Waals surface area contributed by atoms with Crippen LogP contribution in [0.4, 0.5) is 0 Å². The van der Waals surface area contributed by atoms with Crippen LogP contribution in [0.2, 0.25) is 0 Å². The zero-order valence-electron chi connectivity index (χ0n) is 20.9. The maximum atomic E-state index is 13.4. The van der Waals surface area contributed by atoms with Crippen molar-refractivity contribution in [3.63, 3.8) is 0 Å². The molecule has 0 bridgehead atoms. The molecule has 0 radical (unpaired) electrons. The molecule has 1 aromatic carbocycles. The number of Topliss-reactive ketones (excluding diaryl/α,β-unsaturated/α-hetero) is 1. The van der Waals surface area contributed by atoms with Gasteiger partial charge in [-0.1, -0.05) is 36.4 Å².